The van der Waals surface area contributed by atoms with Crippen molar-refractivity contribution in [3.63, 3.8) is 0 Å². The first-order chi connectivity index (χ1) is 13.7. The van der Waals surface area contributed by atoms with Crippen LogP contribution in [-0.4, -0.2) is 29.5 Å². The second-order valence-electron chi connectivity index (χ2n) is 6.37. The predicted molar refractivity (Wildman–Crippen MR) is 108 cm³/mol. The third kappa shape index (κ3) is 2.77. The lowest BCUT2D eigenvalue weighted by Crippen LogP contribution is -2.02. The van der Waals surface area contributed by atoms with Gasteiger partial charge >= 0.3 is 0 Å². The zero-order chi connectivity index (χ0) is 19.1. The molecule has 8 nitrogen and oxygen atoms in total. The van der Waals surface area contributed by atoms with Crippen LogP contribution in [0, 0.1) is 6.92 Å². The Morgan fingerprint density at radius 3 is 2.68 bits per heavy atom. The molecule has 0 aliphatic rings. The van der Waals surface area contributed by atoms with Gasteiger partial charge in [-0.05, 0) is 30.5 Å². The van der Waals surface area contributed by atoms with Crippen molar-refractivity contribution < 1.29 is 0 Å². The molecule has 0 unspecified atom stereocenters. The number of nitrogens with zero attached hydrogens (tertiary/aromatic N) is 6. The van der Waals surface area contributed by atoms with Gasteiger partial charge in [-0.1, -0.05) is 24.3 Å². The quantitative estimate of drug-likeness (QED) is 0.503. The number of rotatable bonds is 3. The molecule has 0 amide bonds. The van der Waals surface area contributed by atoms with E-state index in [-0.39, 0.29) is 0 Å². The van der Waals surface area contributed by atoms with Gasteiger partial charge in [-0.3, -0.25) is 0 Å². The summed E-state index contributed by atoms with van der Waals surface area (Å²) in [6.45, 7) is 1.80. The monoisotopic (exact) mass is 368 g/mol. The fourth-order valence-electron chi connectivity index (χ4n) is 3.19. The fraction of sp³-hybridized carbons (Fsp3) is 0.0500. The average Bonchev–Trinajstić information content (AvgIpc) is 3.05. The van der Waals surface area contributed by atoms with Crippen molar-refractivity contribution in [3.05, 3.63) is 66.7 Å². The molecule has 5 aromatic rings. The molecule has 4 heterocycles. The van der Waals surface area contributed by atoms with Crippen molar-refractivity contribution in [2.24, 2.45) is 0 Å². The number of nitrogen functional groups attached to an aromatic ring is 1. The van der Waals surface area contributed by atoms with Crippen molar-refractivity contribution in [2.45, 2.75) is 6.92 Å². The first-order valence-corrected chi connectivity index (χ1v) is 8.74. The summed E-state index contributed by atoms with van der Waals surface area (Å²) in [6.07, 6.45) is 3.53. The minimum Gasteiger partial charge on any atom is -0.384 e. The molecule has 1 aromatic carbocycles. The molecule has 136 valence electrons. The number of anilines is 3. The van der Waals surface area contributed by atoms with Crippen molar-refractivity contribution >= 4 is 33.9 Å². The SMILES string of the molecule is Cc1nc(N)cc(-c2c(Nc3cc4ccccc4cn3)nc3cccnn23)n1. The van der Waals surface area contributed by atoms with Gasteiger partial charge in [0.05, 0.1) is 5.69 Å². The summed E-state index contributed by atoms with van der Waals surface area (Å²) >= 11 is 0. The molecule has 5 rings (SSSR count). The normalized spacial score (nSPS) is 11.2. The van der Waals surface area contributed by atoms with E-state index in [1.165, 1.54) is 0 Å². The first kappa shape index (κ1) is 16.1. The Labute approximate surface area is 160 Å². The highest BCUT2D eigenvalue weighted by Gasteiger charge is 2.18. The minimum atomic E-state index is 0.392. The third-order valence-electron chi connectivity index (χ3n) is 4.37. The molecule has 0 saturated heterocycles. The second kappa shape index (κ2) is 6.27. The van der Waals surface area contributed by atoms with Gasteiger partial charge in [-0.25, -0.2) is 24.5 Å². The van der Waals surface area contributed by atoms with Crippen LogP contribution < -0.4 is 11.1 Å². The molecule has 0 bridgehead atoms. The topological polar surface area (TPSA) is 107 Å². The van der Waals surface area contributed by atoms with Gasteiger partial charge in [0, 0.05) is 23.8 Å². The highest BCUT2D eigenvalue weighted by atomic mass is 15.3. The van der Waals surface area contributed by atoms with Crippen molar-refractivity contribution in [1.29, 1.82) is 0 Å². The lowest BCUT2D eigenvalue weighted by molar-refractivity contribution is 0.932. The summed E-state index contributed by atoms with van der Waals surface area (Å²) in [5.41, 5.74) is 7.97. The summed E-state index contributed by atoms with van der Waals surface area (Å²) in [5, 5.41) is 9.89. The largest absolute Gasteiger partial charge is 0.384 e. The highest BCUT2D eigenvalue weighted by Crippen LogP contribution is 2.30. The molecule has 0 aliphatic heterocycles. The first-order valence-electron chi connectivity index (χ1n) is 8.74. The molecule has 0 saturated carbocycles. The van der Waals surface area contributed by atoms with Gasteiger partial charge in [-0.15, -0.1) is 0 Å². The van der Waals surface area contributed by atoms with E-state index >= 15 is 0 Å². The van der Waals surface area contributed by atoms with Crippen molar-refractivity contribution in [3.8, 4) is 11.4 Å². The maximum Gasteiger partial charge on any atom is 0.162 e. The maximum absolute atomic E-state index is 5.94. The molecule has 0 spiro atoms. The molecule has 0 aliphatic carbocycles. The van der Waals surface area contributed by atoms with E-state index in [0.29, 0.717) is 40.3 Å². The molecule has 4 aromatic heterocycles. The number of imidazole rings is 1. The van der Waals surface area contributed by atoms with Gasteiger partial charge < -0.3 is 11.1 Å². The summed E-state index contributed by atoms with van der Waals surface area (Å²) in [4.78, 5) is 17.9. The summed E-state index contributed by atoms with van der Waals surface area (Å²) in [6, 6.07) is 15.5. The second-order valence-corrected chi connectivity index (χ2v) is 6.37. The Kier molecular flexibility index (Phi) is 3.61. The van der Waals surface area contributed by atoms with Crippen LogP contribution >= 0.6 is 0 Å². The molecule has 0 radical (unpaired) electrons. The smallest absolute Gasteiger partial charge is 0.162 e. The molecular weight excluding hydrogens is 352 g/mol. The Bertz CT molecular complexity index is 1300. The van der Waals surface area contributed by atoms with E-state index in [2.05, 4.69) is 30.4 Å². The van der Waals surface area contributed by atoms with Crippen molar-refractivity contribution in [1.82, 2.24) is 29.5 Å². The number of pyridine rings is 1. The summed E-state index contributed by atoms with van der Waals surface area (Å²) in [7, 11) is 0. The van der Waals surface area contributed by atoms with E-state index in [1.807, 2.05) is 48.7 Å². The van der Waals surface area contributed by atoms with Gasteiger partial charge in [0.2, 0.25) is 0 Å². The fourth-order valence-corrected chi connectivity index (χ4v) is 3.19. The van der Waals surface area contributed by atoms with E-state index in [9.17, 15) is 0 Å². The van der Waals surface area contributed by atoms with Crippen LogP contribution in [0.5, 0.6) is 0 Å². The van der Waals surface area contributed by atoms with E-state index in [0.717, 1.165) is 10.8 Å². The van der Waals surface area contributed by atoms with Crippen LogP contribution in [0.25, 0.3) is 27.8 Å². The maximum atomic E-state index is 5.94. The number of aryl methyl sites for hydroxylation is 1. The lowest BCUT2D eigenvalue weighted by atomic mass is 10.2. The summed E-state index contributed by atoms with van der Waals surface area (Å²) in [5.74, 6) is 2.25. The number of benzene rings is 1. The molecule has 3 N–H and O–H groups in total. The number of aromatic nitrogens is 6. The zero-order valence-corrected chi connectivity index (χ0v) is 15.0. The number of nitrogens with two attached hydrogens (primary N) is 1. The lowest BCUT2D eigenvalue weighted by Gasteiger charge is -2.08. The van der Waals surface area contributed by atoms with Gasteiger partial charge in [0.1, 0.15) is 23.2 Å². The van der Waals surface area contributed by atoms with Crippen LogP contribution in [-0.2, 0) is 0 Å². The predicted octanol–water partition coefficient (Wildman–Crippen LogP) is 3.37. The Morgan fingerprint density at radius 1 is 0.964 bits per heavy atom. The highest BCUT2D eigenvalue weighted by molar-refractivity contribution is 5.85. The van der Waals surface area contributed by atoms with E-state index < -0.39 is 0 Å². The third-order valence-corrected chi connectivity index (χ3v) is 4.37. The van der Waals surface area contributed by atoms with Crippen LogP contribution in [0.15, 0.2) is 60.9 Å². The van der Waals surface area contributed by atoms with Crippen LogP contribution in [0.2, 0.25) is 0 Å². The van der Waals surface area contributed by atoms with Crippen molar-refractivity contribution in [2.75, 3.05) is 11.1 Å². The van der Waals surface area contributed by atoms with Crippen LogP contribution in [0.1, 0.15) is 5.82 Å². The molecule has 0 atom stereocenters. The van der Waals surface area contributed by atoms with Crippen LogP contribution in [0.4, 0.5) is 17.5 Å². The molecule has 28 heavy (non-hydrogen) atoms. The Morgan fingerprint density at radius 2 is 1.82 bits per heavy atom. The Hall–Kier alpha value is -4.07. The summed E-state index contributed by atoms with van der Waals surface area (Å²) < 4.78 is 1.73. The standard InChI is InChI=1S/C20H16N8/c1-12-24-15(10-16(21)25-12)19-20(27-18-7-4-8-23-28(18)19)26-17-9-13-5-2-3-6-14(13)11-22-17/h2-11H,1H3,(H,22,26)(H2,21,24,25). The number of fused-ring (bicyclic) bond motifs is 2. The average molecular weight is 368 g/mol. The van der Waals surface area contributed by atoms with Crippen LogP contribution in [0.3, 0.4) is 0 Å². The number of hydrogen-bond donors (Lipinski definition) is 2. The van der Waals surface area contributed by atoms with E-state index in [1.54, 1.807) is 23.7 Å². The number of hydrogen-bond acceptors (Lipinski definition) is 7. The van der Waals surface area contributed by atoms with Gasteiger partial charge in [0.15, 0.2) is 11.5 Å². The Balaban J connectivity index is 1.68. The molecular formula is C20H16N8. The molecule has 0 fully saturated rings. The van der Waals surface area contributed by atoms with E-state index in [4.69, 9.17) is 5.73 Å². The number of nitrogens with one attached hydrogen (secondary N) is 1. The zero-order valence-electron chi connectivity index (χ0n) is 15.0. The molecule has 8 heteroatoms. The minimum absolute atomic E-state index is 0.392. The van der Waals surface area contributed by atoms with Gasteiger partial charge in [0.25, 0.3) is 0 Å². The van der Waals surface area contributed by atoms with Gasteiger partial charge in [-0.2, -0.15) is 5.10 Å².